The molecule has 0 aliphatic carbocycles. The minimum Gasteiger partial charge on any atom is -0.493 e. The van der Waals surface area contributed by atoms with Gasteiger partial charge in [-0.25, -0.2) is 4.68 Å². The van der Waals surface area contributed by atoms with E-state index in [2.05, 4.69) is 10.4 Å². The molecule has 4 aromatic rings. The van der Waals surface area contributed by atoms with Gasteiger partial charge in [0.15, 0.2) is 0 Å². The number of hydrogen-bond acceptors (Lipinski definition) is 4. The summed E-state index contributed by atoms with van der Waals surface area (Å²) in [5.74, 6) is 0.344. The molecule has 0 spiro atoms. The smallest absolute Gasteiger partial charge is 0.280 e. The highest BCUT2D eigenvalue weighted by Crippen LogP contribution is 2.35. The first-order chi connectivity index (χ1) is 16.5. The van der Waals surface area contributed by atoms with Gasteiger partial charge >= 0.3 is 0 Å². The van der Waals surface area contributed by atoms with Gasteiger partial charge < -0.3 is 10.1 Å². The van der Waals surface area contributed by atoms with Crippen molar-refractivity contribution in [3.8, 4) is 28.1 Å². The van der Waals surface area contributed by atoms with Crippen LogP contribution >= 0.6 is 0 Å². The van der Waals surface area contributed by atoms with Crippen LogP contribution in [0.25, 0.3) is 22.4 Å². The Morgan fingerprint density at radius 3 is 2.38 bits per heavy atom. The molecule has 0 bridgehead atoms. The Balaban J connectivity index is 1.66. The molecule has 170 valence electrons. The Bertz CT molecular complexity index is 1410. The van der Waals surface area contributed by atoms with E-state index in [0.717, 1.165) is 28.0 Å². The molecule has 3 aromatic carbocycles. The predicted molar refractivity (Wildman–Crippen MR) is 132 cm³/mol. The number of benzene rings is 3. The van der Waals surface area contributed by atoms with Crippen LogP contribution in [0.3, 0.4) is 0 Å². The summed E-state index contributed by atoms with van der Waals surface area (Å²) in [6.45, 7) is 2.50. The second-order valence-electron chi connectivity index (χ2n) is 8.46. The van der Waals surface area contributed by atoms with Gasteiger partial charge in [0.1, 0.15) is 11.3 Å². The molecule has 1 amide bonds. The predicted octanol–water partition coefficient (Wildman–Crippen LogP) is 4.68. The molecule has 2 heterocycles. The maximum Gasteiger partial charge on any atom is 0.280 e. The number of nitrogens with zero attached hydrogens (tertiary/aromatic N) is 2. The van der Waals surface area contributed by atoms with Crippen LogP contribution in [0.4, 0.5) is 0 Å². The summed E-state index contributed by atoms with van der Waals surface area (Å²) in [5.41, 5.74) is 4.37. The fourth-order valence-corrected chi connectivity index (χ4v) is 4.42. The highest BCUT2D eigenvalue weighted by atomic mass is 16.5. The normalized spacial score (nSPS) is 14.7. The molecule has 0 saturated heterocycles. The van der Waals surface area contributed by atoms with E-state index in [1.807, 2.05) is 85.8 Å². The zero-order valence-electron chi connectivity index (χ0n) is 19.1. The Morgan fingerprint density at radius 1 is 1.00 bits per heavy atom. The molecule has 1 aliphatic heterocycles. The van der Waals surface area contributed by atoms with Crippen molar-refractivity contribution in [3.63, 3.8) is 0 Å². The van der Waals surface area contributed by atoms with E-state index in [1.54, 1.807) is 7.05 Å². The number of ether oxygens (including phenoxy) is 1. The molecule has 1 atom stereocenters. The molecular weight excluding hydrogens is 426 g/mol. The molecule has 6 nitrogen and oxygen atoms in total. The summed E-state index contributed by atoms with van der Waals surface area (Å²) in [5, 5.41) is 7.68. The van der Waals surface area contributed by atoms with Crippen LogP contribution in [0.2, 0.25) is 0 Å². The van der Waals surface area contributed by atoms with Crippen LogP contribution < -0.4 is 15.6 Å². The minimum absolute atomic E-state index is 0.0863. The van der Waals surface area contributed by atoms with E-state index in [1.165, 1.54) is 4.68 Å². The summed E-state index contributed by atoms with van der Waals surface area (Å²) in [6.07, 6.45) is 0.625. The van der Waals surface area contributed by atoms with Crippen molar-refractivity contribution in [2.24, 2.45) is 7.05 Å². The fraction of sp³-hybridized carbons (Fsp3) is 0.179. The molecule has 0 fully saturated rings. The second kappa shape index (κ2) is 8.98. The lowest BCUT2D eigenvalue weighted by Crippen LogP contribution is -2.38. The molecule has 0 saturated carbocycles. The van der Waals surface area contributed by atoms with Crippen molar-refractivity contribution in [2.75, 3.05) is 6.61 Å². The van der Waals surface area contributed by atoms with Gasteiger partial charge in [0.25, 0.3) is 11.5 Å². The summed E-state index contributed by atoms with van der Waals surface area (Å²) in [4.78, 5) is 27.1. The number of nitrogens with one attached hydrogen (secondary N) is 1. The lowest BCUT2D eigenvalue weighted by atomic mass is 9.94. The Hall–Kier alpha value is -4.19. The number of carbonyl (C=O) groups excluding carboxylic acids is 1. The number of fused-ring (bicyclic) bond motifs is 1. The third-order valence-corrected chi connectivity index (χ3v) is 6.09. The maximum absolute atomic E-state index is 13.8. The highest BCUT2D eigenvalue weighted by molar-refractivity contribution is 6.03. The highest BCUT2D eigenvalue weighted by Gasteiger charge is 2.28. The van der Waals surface area contributed by atoms with Gasteiger partial charge in [0.05, 0.1) is 18.3 Å². The number of aryl methyl sites for hydroxylation is 2. The van der Waals surface area contributed by atoms with E-state index < -0.39 is 11.5 Å². The average molecular weight is 452 g/mol. The van der Waals surface area contributed by atoms with Crippen LogP contribution in [0, 0.1) is 6.92 Å². The van der Waals surface area contributed by atoms with Crippen LogP contribution in [0.5, 0.6) is 5.75 Å². The monoisotopic (exact) mass is 451 g/mol. The Labute approximate surface area is 197 Å². The first-order valence-electron chi connectivity index (χ1n) is 11.3. The largest absolute Gasteiger partial charge is 0.493 e. The van der Waals surface area contributed by atoms with Crippen LogP contribution in [0.15, 0.2) is 83.7 Å². The number of hydrogen-bond donors (Lipinski definition) is 1. The first kappa shape index (κ1) is 21.6. The fourth-order valence-electron chi connectivity index (χ4n) is 4.42. The standard InChI is InChI=1S/C28H25N3O3/c1-18-13-14-23-21(17-18)22(15-16-34-23)29-27(32)25-24(19-9-5-3-6-10-19)26(30-31(2)28(25)33)20-11-7-4-8-12-20/h3-14,17,22H,15-16H2,1-2H3,(H,29,32). The van der Waals surface area contributed by atoms with E-state index in [0.29, 0.717) is 24.3 Å². The number of carbonyl (C=O) groups is 1. The van der Waals surface area contributed by atoms with Gasteiger partial charge in [-0.15, -0.1) is 0 Å². The van der Waals surface area contributed by atoms with Gasteiger partial charge in [-0.1, -0.05) is 78.4 Å². The van der Waals surface area contributed by atoms with E-state index in [-0.39, 0.29) is 11.6 Å². The molecule has 1 aromatic heterocycles. The molecule has 0 radical (unpaired) electrons. The van der Waals surface area contributed by atoms with Gasteiger partial charge in [-0.3, -0.25) is 9.59 Å². The molecule has 1 N–H and O–H groups in total. The number of rotatable bonds is 4. The average Bonchev–Trinajstić information content (AvgIpc) is 2.86. The second-order valence-corrected chi connectivity index (χ2v) is 8.46. The topological polar surface area (TPSA) is 73.2 Å². The molecular formula is C28H25N3O3. The van der Waals surface area contributed by atoms with Crippen molar-refractivity contribution in [2.45, 2.75) is 19.4 Å². The molecule has 5 rings (SSSR count). The summed E-state index contributed by atoms with van der Waals surface area (Å²) in [7, 11) is 1.58. The summed E-state index contributed by atoms with van der Waals surface area (Å²) in [6, 6.07) is 24.8. The third-order valence-electron chi connectivity index (χ3n) is 6.09. The summed E-state index contributed by atoms with van der Waals surface area (Å²) < 4.78 is 7.02. The molecule has 1 aliphatic rings. The lowest BCUT2D eigenvalue weighted by Gasteiger charge is -2.27. The molecule has 34 heavy (non-hydrogen) atoms. The van der Waals surface area contributed by atoms with E-state index in [4.69, 9.17) is 4.74 Å². The minimum atomic E-state index is -0.437. The lowest BCUT2D eigenvalue weighted by molar-refractivity contribution is 0.0923. The van der Waals surface area contributed by atoms with Crippen LogP contribution in [0.1, 0.15) is 33.9 Å². The Morgan fingerprint density at radius 2 is 1.68 bits per heavy atom. The van der Waals surface area contributed by atoms with Crippen molar-refractivity contribution in [1.29, 1.82) is 0 Å². The number of aromatic nitrogens is 2. The van der Waals surface area contributed by atoms with E-state index in [9.17, 15) is 9.59 Å². The van der Waals surface area contributed by atoms with Gasteiger partial charge in [-0.05, 0) is 18.6 Å². The van der Waals surface area contributed by atoms with Crippen LogP contribution in [-0.2, 0) is 7.05 Å². The third kappa shape index (κ3) is 3.99. The zero-order chi connectivity index (χ0) is 23.7. The summed E-state index contributed by atoms with van der Waals surface area (Å²) >= 11 is 0. The molecule has 1 unspecified atom stereocenters. The van der Waals surface area contributed by atoms with Gasteiger partial charge in [0.2, 0.25) is 0 Å². The van der Waals surface area contributed by atoms with Crippen molar-refractivity contribution < 1.29 is 9.53 Å². The number of amides is 1. The first-order valence-corrected chi connectivity index (χ1v) is 11.3. The molecule has 6 heteroatoms. The maximum atomic E-state index is 13.8. The van der Waals surface area contributed by atoms with Gasteiger partial charge in [-0.2, -0.15) is 5.10 Å². The zero-order valence-corrected chi connectivity index (χ0v) is 19.1. The van der Waals surface area contributed by atoms with Crippen molar-refractivity contribution >= 4 is 5.91 Å². The van der Waals surface area contributed by atoms with E-state index >= 15 is 0 Å². The Kier molecular flexibility index (Phi) is 5.72. The quantitative estimate of drug-likeness (QED) is 0.489. The van der Waals surface area contributed by atoms with Crippen molar-refractivity contribution in [3.05, 3.63) is 106 Å². The van der Waals surface area contributed by atoms with Crippen LogP contribution in [-0.4, -0.2) is 22.3 Å². The SMILES string of the molecule is Cc1ccc2c(c1)C(NC(=O)c1c(-c3ccccc3)c(-c3ccccc3)nn(C)c1=O)CCO2. The van der Waals surface area contributed by atoms with Gasteiger partial charge in [0, 0.05) is 30.2 Å². The van der Waals surface area contributed by atoms with Crippen molar-refractivity contribution in [1.82, 2.24) is 15.1 Å².